The van der Waals surface area contributed by atoms with Gasteiger partial charge in [-0.05, 0) is 90.9 Å². The van der Waals surface area contributed by atoms with Gasteiger partial charge in [0, 0.05) is 26.1 Å². The molecule has 2 aromatic rings. The van der Waals surface area contributed by atoms with E-state index >= 15 is 0 Å². The second-order valence-electron chi connectivity index (χ2n) is 17.8. The molecule has 0 unspecified atom stereocenters. The fourth-order valence-electron chi connectivity index (χ4n) is 5.68. The fourth-order valence-corrected chi connectivity index (χ4v) is 9.85. The minimum Gasteiger partial charge on any atom is -0.413 e. The lowest BCUT2D eigenvalue weighted by Crippen LogP contribution is -2.53. The van der Waals surface area contributed by atoms with Gasteiger partial charge >= 0.3 is 0 Å². The Balaban J connectivity index is 2.31. The summed E-state index contributed by atoms with van der Waals surface area (Å²) in [6, 6.07) is 8.99. The highest BCUT2D eigenvalue weighted by atomic mass is 32.2. The van der Waals surface area contributed by atoms with E-state index in [0.29, 0.717) is 12.1 Å². The van der Waals surface area contributed by atoms with Crippen LogP contribution in [0.4, 0.5) is 0 Å². The highest BCUT2D eigenvalue weighted by Crippen LogP contribution is 2.43. The average molecular weight is 797 g/mol. The summed E-state index contributed by atoms with van der Waals surface area (Å²) in [7, 11) is -4.76. The van der Waals surface area contributed by atoms with Gasteiger partial charge in [0.05, 0.1) is 35.9 Å². The molecule has 2 rings (SSSR count). The van der Waals surface area contributed by atoms with Crippen molar-refractivity contribution in [3.8, 4) is 5.69 Å². The van der Waals surface area contributed by atoms with E-state index in [2.05, 4.69) is 123 Å². The molecule has 0 aliphatic heterocycles. The number of allylic oxidation sites excluding steroid dienone is 1. The Labute approximate surface area is 324 Å². The van der Waals surface area contributed by atoms with Gasteiger partial charge in [0.2, 0.25) is 9.84 Å². The molecule has 0 N–H and O–H groups in total. The predicted molar refractivity (Wildman–Crippen MR) is 219 cm³/mol. The third-order valence-electron chi connectivity index (χ3n) is 11.7. The van der Waals surface area contributed by atoms with Crippen molar-refractivity contribution >= 4 is 26.5 Å². The number of tetrazole rings is 1. The van der Waals surface area contributed by atoms with Crippen molar-refractivity contribution in [2.45, 2.75) is 154 Å². The second kappa shape index (κ2) is 19.9. The maximum Gasteiger partial charge on any atom is 0.272 e. The SMILES string of the molecule is COCO[C@@H](CCS(=O)(=O)c1nnnn1-c1ccccc1)[C@@H](C)C/C=C/C[C@H](O[Si](C)(C)C(C)(C)C)[C@@H](C)[C@@H](O[Si](C)(C)C(C)(C)C)[C@H](C)[C@H](C)OC. The number of hydrogen-bond acceptors (Lipinski definition) is 10. The number of ether oxygens (including phenoxy) is 3. The standard InChI is InChI=1S/C39H72N4O7SSi2/c1-29(34(48-28-46-11)26-27-51(44,45)37-40-41-42-43(37)33-23-18-17-19-24-33)22-20-21-25-35(49-52(13,14)38(5,6)7)31(3)36(30(2)32(4)47-12)50-53(15,16)39(8,9)10/h17-21,23-24,29-32,34-36H,22,25-28H2,1-16H3/b21-20+/t29-,30+,31+,32-,34-,35-,36-/m0/s1. The van der Waals surface area contributed by atoms with E-state index in [0.717, 1.165) is 6.42 Å². The molecule has 1 aromatic carbocycles. The molecule has 1 aromatic heterocycles. The van der Waals surface area contributed by atoms with Gasteiger partial charge in [0.25, 0.3) is 5.16 Å². The van der Waals surface area contributed by atoms with Crippen LogP contribution in [0.1, 0.15) is 88.5 Å². The van der Waals surface area contributed by atoms with Crippen LogP contribution in [0.3, 0.4) is 0 Å². The van der Waals surface area contributed by atoms with Crippen molar-refractivity contribution in [3.63, 3.8) is 0 Å². The lowest BCUT2D eigenvalue weighted by Gasteiger charge is -2.47. The van der Waals surface area contributed by atoms with Crippen LogP contribution < -0.4 is 0 Å². The molecule has 0 radical (unpaired) electrons. The maximum absolute atomic E-state index is 13.5. The molecular weight excluding hydrogens is 725 g/mol. The minimum atomic E-state index is -3.81. The smallest absolute Gasteiger partial charge is 0.272 e. The molecule has 1 heterocycles. The van der Waals surface area contributed by atoms with Crippen molar-refractivity contribution < 1.29 is 31.5 Å². The van der Waals surface area contributed by atoms with Crippen molar-refractivity contribution in [2.75, 3.05) is 26.8 Å². The van der Waals surface area contributed by atoms with E-state index in [9.17, 15) is 8.42 Å². The summed E-state index contributed by atoms with van der Waals surface area (Å²) in [4.78, 5) is 0. The summed E-state index contributed by atoms with van der Waals surface area (Å²) in [5.74, 6) is 0.0985. The van der Waals surface area contributed by atoms with Gasteiger partial charge in [-0.15, -0.1) is 0 Å². The quantitative estimate of drug-likeness (QED) is 0.0649. The highest BCUT2D eigenvalue weighted by molar-refractivity contribution is 7.91. The molecule has 304 valence electrons. The number of rotatable bonds is 22. The van der Waals surface area contributed by atoms with Crippen LogP contribution in [-0.2, 0) is 32.9 Å². The summed E-state index contributed by atoms with van der Waals surface area (Å²) >= 11 is 0. The average Bonchev–Trinajstić information content (AvgIpc) is 3.58. The first-order valence-electron chi connectivity index (χ1n) is 19.1. The number of hydrogen-bond donors (Lipinski definition) is 0. The molecular formula is C39H72N4O7SSi2. The van der Waals surface area contributed by atoms with Crippen LogP contribution in [0.2, 0.25) is 36.3 Å². The third-order valence-corrected chi connectivity index (χ3v) is 22.3. The van der Waals surface area contributed by atoms with Gasteiger partial charge in [-0.1, -0.05) is 97.8 Å². The zero-order chi connectivity index (χ0) is 40.4. The van der Waals surface area contributed by atoms with E-state index < -0.39 is 26.5 Å². The van der Waals surface area contributed by atoms with Crippen LogP contribution in [0.5, 0.6) is 0 Å². The molecule has 0 fully saturated rings. The number of nitrogens with zero attached hydrogens (tertiary/aromatic N) is 4. The molecule has 0 aliphatic carbocycles. The van der Waals surface area contributed by atoms with E-state index in [-0.39, 0.29) is 76.4 Å². The normalized spacial score (nSPS) is 17.7. The summed E-state index contributed by atoms with van der Waals surface area (Å²) in [6.45, 7) is 31.7. The van der Waals surface area contributed by atoms with Crippen molar-refractivity contribution in [1.82, 2.24) is 20.2 Å². The first kappa shape index (κ1) is 47.4. The topological polar surface area (TPSA) is 124 Å². The largest absolute Gasteiger partial charge is 0.413 e. The Kier molecular flexibility index (Phi) is 17.8. The monoisotopic (exact) mass is 796 g/mol. The van der Waals surface area contributed by atoms with Crippen LogP contribution in [0.25, 0.3) is 5.69 Å². The summed E-state index contributed by atoms with van der Waals surface area (Å²) in [5.41, 5.74) is 0.576. The Bertz CT molecular complexity index is 1510. The molecule has 0 aliphatic rings. The Morgan fingerprint density at radius 1 is 0.811 bits per heavy atom. The van der Waals surface area contributed by atoms with E-state index in [1.165, 1.54) is 4.68 Å². The van der Waals surface area contributed by atoms with E-state index in [4.69, 9.17) is 23.1 Å². The first-order chi connectivity index (χ1) is 24.4. The Hall–Kier alpha value is -1.79. The lowest BCUT2D eigenvalue weighted by atomic mass is 9.85. The van der Waals surface area contributed by atoms with Crippen molar-refractivity contribution in [2.24, 2.45) is 17.8 Å². The minimum absolute atomic E-state index is 0.0103. The van der Waals surface area contributed by atoms with Gasteiger partial charge < -0.3 is 23.1 Å². The summed E-state index contributed by atoms with van der Waals surface area (Å²) < 4.78 is 59.8. The van der Waals surface area contributed by atoms with Gasteiger partial charge in [-0.2, -0.15) is 4.68 Å². The number of methoxy groups -OCH3 is 2. The molecule has 7 atom stereocenters. The van der Waals surface area contributed by atoms with E-state index in [1.54, 1.807) is 26.4 Å². The Morgan fingerprint density at radius 2 is 1.38 bits per heavy atom. The van der Waals surface area contributed by atoms with Crippen LogP contribution >= 0.6 is 0 Å². The number of sulfone groups is 1. The Morgan fingerprint density at radius 3 is 1.92 bits per heavy atom. The molecule has 0 saturated carbocycles. The maximum atomic E-state index is 13.5. The summed E-state index contributed by atoms with van der Waals surface area (Å²) in [6.07, 6.45) is 5.62. The van der Waals surface area contributed by atoms with Crippen molar-refractivity contribution in [1.29, 1.82) is 0 Å². The summed E-state index contributed by atoms with van der Waals surface area (Å²) in [5, 5.41) is 11.4. The third kappa shape index (κ3) is 13.4. The fraction of sp³-hybridized carbons (Fsp3) is 0.769. The predicted octanol–water partition coefficient (Wildman–Crippen LogP) is 8.88. The number of benzene rings is 1. The lowest BCUT2D eigenvalue weighted by molar-refractivity contribution is -0.0891. The number of aromatic nitrogens is 4. The van der Waals surface area contributed by atoms with Gasteiger partial charge in [0.15, 0.2) is 16.6 Å². The van der Waals surface area contributed by atoms with Crippen LogP contribution in [0, 0.1) is 17.8 Å². The molecule has 0 amide bonds. The molecule has 53 heavy (non-hydrogen) atoms. The van der Waals surface area contributed by atoms with Crippen LogP contribution in [-0.4, -0.2) is 96.4 Å². The van der Waals surface area contributed by atoms with Gasteiger partial charge in [-0.3, -0.25) is 0 Å². The zero-order valence-electron chi connectivity index (χ0n) is 35.7. The van der Waals surface area contributed by atoms with E-state index in [1.807, 2.05) is 18.2 Å². The molecule has 0 spiro atoms. The first-order valence-corrected chi connectivity index (χ1v) is 26.6. The molecule has 11 nitrogen and oxygen atoms in total. The van der Waals surface area contributed by atoms with Gasteiger partial charge in [0.1, 0.15) is 6.79 Å². The number of para-hydroxylation sites is 1. The molecule has 0 saturated heterocycles. The molecule has 0 bridgehead atoms. The zero-order valence-corrected chi connectivity index (χ0v) is 38.5. The van der Waals surface area contributed by atoms with Gasteiger partial charge in [-0.25, -0.2) is 8.42 Å². The second-order valence-corrected chi connectivity index (χ2v) is 29.3. The van der Waals surface area contributed by atoms with Crippen molar-refractivity contribution in [3.05, 3.63) is 42.5 Å². The molecule has 14 heteroatoms. The van der Waals surface area contributed by atoms with Crippen LogP contribution in [0.15, 0.2) is 47.6 Å². The highest BCUT2D eigenvalue weighted by Gasteiger charge is 2.46.